The average Bonchev–Trinajstić information content (AvgIpc) is 3.07. The summed E-state index contributed by atoms with van der Waals surface area (Å²) in [6.07, 6.45) is 2.15. The monoisotopic (exact) mass is 326 g/mol. The van der Waals surface area contributed by atoms with Gasteiger partial charge in [0.05, 0.1) is 11.7 Å². The molecule has 1 saturated carbocycles. The first-order valence-corrected chi connectivity index (χ1v) is 7.73. The normalized spacial score (nSPS) is 23.8. The maximum Gasteiger partial charge on any atom is 0.410 e. The fourth-order valence-corrected chi connectivity index (χ4v) is 2.52. The standard InChI is InChI=1S/C16H23ClN2O3/c1-11-8-16(11,19(5)14(20)22-15(2,3)4)10-21-12-6-7-13(17)18-9-12/h6-7,9,11H,8,10H2,1-5H3/t11-,16+/m1/s1. The number of carbonyl (C=O) groups is 1. The second-order valence-corrected chi connectivity index (χ2v) is 7.24. The van der Waals surface area contributed by atoms with Crippen molar-refractivity contribution in [1.29, 1.82) is 0 Å². The number of aromatic nitrogens is 1. The first-order valence-electron chi connectivity index (χ1n) is 7.35. The number of nitrogens with zero attached hydrogens (tertiary/aromatic N) is 2. The molecule has 0 saturated heterocycles. The van der Waals surface area contributed by atoms with Crippen molar-refractivity contribution in [2.45, 2.75) is 45.3 Å². The average molecular weight is 327 g/mol. The summed E-state index contributed by atoms with van der Waals surface area (Å²) >= 11 is 5.75. The molecule has 0 aliphatic heterocycles. The number of pyridine rings is 1. The summed E-state index contributed by atoms with van der Waals surface area (Å²) in [7, 11) is 1.76. The lowest BCUT2D eigenvalue weighted by molar-refractivity contribution is 0.0119. The third kappa shape index (κ3) is 3.83. The van der Waals surface area contributed by atoms with E-state index in [1.54, 1.807) is 30.3 Å². The molecule has 6 heteroatoms. The first kappa shape index (κ1) is 16.9. The second kappa shape index (κ2) is 5.95. The minimum absolute atomic E-state index is 0.317. The highest BCUT2D eigenvalue weighted by molar-refractivity contribution is 6.29. The van der Waals surface area contributed by atoms with E-state index >= 15 is 0 Å². The highest BCUT2D eigenvalue weighted by Crippen LogP contribution is 2.48. The Balaban J connectivity index is 2.00. The van der Waals surface area contributed by atoms with E-state index in [9.17, 15) is 4.79 Å². The molecule has 1 heterocycles. The van der Waals surface area contributed by atoms with Crippen molar-refractivity contribution in [2.75, 3.05) is 13.7 Å². The third-order valence-electron chi connectivity index (χ3n) is 3.94. The summed E-state index contributed by atoms with van der Waals surface area (Å²) in [4.78, 5) is 17.9. The van der Waals surface area contributed by atoms with Gasteiger partial charge in [-0.05, 0) is 45.2 Å². The molecule has 22 heavy (non-hydrogen) atoms. The number of amides is 1. The molecule has 0 spiro atoms. The number of likely N-dealkylation sites (N-methyl/N-ethyl adjacent to an activating group) is 1. The molecule has 0 N–H and O–H groups in total. The fourth-order valence-electron chi connectivity index (χ4n) is 2.40. The van der Waals surface area contributed by atoms with Gasteiger partial charge in [0, 0.05) is 7.05 Å². The fraction of sp³-hybridized carbons (Fsp3) is 0.625. The zero-order chi connectivity index (χ0) is 16.5. The molecule has 1 aliphatic rings. The minimum Gasteiger partial charge on any atom is -0.490 e. The molecule has 2 atom stereocenters. The van der Waals surface area contributed by atoms with Crippen LogP contribution in [0.2, 0.25) is 5.15 Å². The molecule has 1 aromatic heterocycles. The molecular weight excluding hydrogens is 304 g/mol. The summed E-state index contributed by atoms with van der Waals surface area (Å²) in [6.45, 7) is 8.09. The van der Waals surface area contributed by atoms with Gasteiger partial charge in [-0.25, -0.2) is 9.78 Å². The Labute approximate surface area is 136 Å². The lowest BCUT2D eigenvalue weighted by Gasteiger charge is -2.31. The third-order valence-corrected chi connectivity index (χ3v) is 4.16. The molecule has 1 amide bonds. The molecule has 1 aromatic rings. The van der Waals surface area contributed by atoms with Crippen molar-refractivity contribution >= 4 is 17.7 Å². The van der Waals surface area contributed by atoms with Crippen LogP contribution in [0.5, 0.6) is 5.75 Å². The summed E-state index contributed by atoms with van der Waals surface area (Å²) in [5, 5.41) is 0.424. The quantitative estimate of drug-likeness (QED) is 0.790. The molecule has 0 aromatic carbocycles. The van der Waals surface area contributed by atoms with Gasteiger partial charge < -0.3 is 14.4 Å². The van der Waals surface area contributed by atoms with Crippen LogP contribution in [0.3, 0.4) is 0 Å². The van der Waals surface area contributed by atoms with Crippen molar-refractivity contribution in [1.82, 2.24) is 9.88 Å². The molecule has 1 aliphatic carbocycles. The van der Waals surface area contributed by atoms with Crippen LogP contribution in [-0.2, 0) is 4.74 Å². The largest absolute Gasteiger partial charge is 0.490 e. The van der Waals surface area contributed by atoms with E-state index in [-0.39, 0.29) is 11.6 Å². The number of ether oxygens (including phenoxy) is 2. The topological polar surface area (TPSA) is 51.7 Å². The van der Waals surface area contributed by atoms with Crippen LogP contribution in [0.15, 0.2) is 18.3 Å². The zero-order valence-electron chi connectivity index (χ0n) is 13.7. The van der Waals surface area contributed by atoms with E-state index in [4.69, 9.17) is 21.1 Å². The molecule has 122 valence electrons. The van der Waals surface area contributed by atoms with Crippen LogP contribution in [0.25, 0.3) is 0 Å². The van der Waals surface area contributed by atoms with Crippen LogP contribution in [0.1, 0.15) is 34.1 Å². The van der Waals surface area contributed by atoms with E-state index in [0.29, 0.717) is 23.4 Å². The Bertz CT molecular complexity index is 541. The van der Waals surface area contributed by atoms with Crippen molar-refractivity contribution in [2.24, 2.45) is 5.92 Å². The predicted molar refractivity (Wildman–Crippen MR) is 85.3 cm³/mol. The number of rotatable bonds is 4. The smallest absolute Gasteiger partial charge is 0.410 e. The Hall–Kier alpha value is -1.49. The number of carbonyl (C=O) groups excluding carboxylic acids is 1. The van der Waals surface area contributed by atoms with E-state index in [1.807, 2.05) is 20.8 Å². The Morgan fingerprint density at radius 1 is 1.50 bits per heavy atom. The van der Waals surface area contributed by atoms with Gasteiger partial charge in [0.2, 0.25) is 0 Å². The maximum absolute atomic E-state index is 12.3. The number of hydrogen-bond donors (Lipinski definition) is 0. The highest BCUT2D eigenvalue weighted by Gasteiger charge is 2.57. The van der Waals surface area contributed by atoms with Gasteiger partial charge in [-0.15, -0.1) is 0 Å². The molecule has 1 fully saturated rings. The van der Waals surface area contributed by atoms with E-state index in [2.05, 4.69) is 11.9 Å². The Morgan fingerprint density at radius 2 is 2.14 bits per heavy atom. The van der Waals surface area contributed by atoms with E-state index in [0.717, 1.165) is 6.42 Å². The Morgan fingerprint density at radius 3 is 2.59 bits per heavy atom. The van der Waals surface area contributed by atoms with Gasteiger partial charge in [-0.1, -0.05) is 18.5 Å². The Kier molecular flexibility index (Phi) is 4.57. The van der Waals surface area contributed by atoms with E-state index < -0.39 is 5.60 Å². The summed E-state index contributed by atoms with van der Waals surface area (Å²) in [6, 6.07) is 3.45. The van der Waals surface area contributed by atoms with Gasteiger partial charge in [-0.2, -0.15) is 0 Å². The van der Waals surface area contributed by atoms with Crippen molar-refractivity contribution in [3.8, 4) is 5.75 Å². The van der Waals surface area contributed by atoms with E-state index in [1.165, 1.54) is 0 Å². The molecule has 0 radical (unpaired) electrons. The van der Waals surface area contributed by atoms with Crippen LogP contribution in [0.4, 0.5) is 4.79 Å². The zero-order valence-corrected chi connectivity index (χ0v) is 14.5. The molecule has 5 nitrogen and oxygen atoms in total. The predicted octanol–water partition coefficient (Wildman–Crippen LogP) is 3.76. The van der Waals surface area contributed by atoms with Crippen LogP contribution in [0, 0.1) is 5.92 Å². The van der Waals surface area contributed by atoms with Crippen LogP contribution >= 0.6 is 11.6 Å². The molecule has 2 rings (SSSR count). The maximum atomic E-state index is 12.3. The first-order chi connectivity index (χ1) is 10.1. The van der Waals surface area contributed by atoms with Gasteiger partial charge >= 0.3 is 6.09 Å². The van der Waals surface area contributed by atoms with Crippen LogP contribution in [-0.4, -0.2) is 40.8 Å². The molecule has 0 bridgehead atoms. The highest BCUT2D eigenvalue weighted by atomic mass is 35.5. The molecule has 0 unspecified atom stereocenters. The summed E-state index contributed by atoms with van der Waals surface area (Å²) < 4.78 is 11.2. The van der Waals surface area contributed by atoms with Crippen LogP contribution < -0.4 is 4.74 Å². The van der Waals surface area contributed by atoms with Gasteiger partial charge in [-0.3, -0.25) is 0 Å². The van der Waals surface area contributed by atoms with Crippen molar-refractivity contribution < 1.29 is 14.3 Å². The molecular formula is C16H23ClN2O3. The summed E-state index contributed by atoms with van der Waals surface area (Å²) in [5.74, 6) is 1.01. The summed E-state index contributed by atoms with van der Waals surface area (Å²) in [5.41, 5.74) is -0.826. The van der Waals surface area contributed by atoms with Crippen molar-refractivity contribution in [3.05, 3.63) is 23.5 Å². The number of halogens is 1. The van der Waals surface area contributed by atoms with Crippen molar-refractivity contribution in [3.63, 3.8) is 0 Å². The second-order valence-electron chi connectivity index (χ2n) is 6.85. The van der Waals surface area contributed by atoms with Gasteiger partial charge in [0.15, 0.2) is 0 Å². The van der Waals surface area contributed by atoms with Gasteiger partial charge in [0.1, 0.15) is 23.1 Å². The lowest BCUT2D eigenvalue weighted by Crippen LogP contribution is -2.46. The van der Waals surface area contributed by atoms with Gasteiger partial charge in [0.25, 0.3) is 0 Å². The SMILES string of the molecule is C[C@@H]1C[C@@]1(COc1ccc(Cl)nc1)N(C)C(=O)OC(C)(C)C. The minimum atomic E-state index is -0.508. The number of hydrogen-bond acceptors (Lipinski definition) is 4. The lowest BCUT2D eigenvalue weighted by atomic mass is 10.2.